The minimum atomic E-state index is 0.0247. The molecule has 5 nitrogen and oxygen atoms in total. The topological polar surface area (TPSA) is 53.4 Å². The zero-order chi connectivity index (χ0) is 22.8. The molecule has 0 radical (unpaired) electrons. The second-order valence-electron chi connectivity index (χ2n) is 7.99. The fraction of sp³-hybridized carbons (Fsp3) is 0.308. The predicted molar refractivity (Wildman–Crippen MR) is 136 cm³/mol. The number of hydrogen-bond acceptors (Lipinski definition) is 6. The minimum Gasteiger partial charge on any atom is -0.497 e. The summed E-state index contributed by atoms with van der Waals surface area (Å²) in [6, 6.07) is 15.7. The molecule has 0 saturated carbocycles. The van der Waals surface area contributed by atoms with E-state index < -0.39 is 0 Å². The Morgan fingerprint density at radius 2 is 1.91 bits per heavy atom. The molecular formula is C26H26N2O3S2. The number of aromatic nitrogens is 2. The molecule has 4 aromatic rings. The molecule has 0 bridgehead atoms. The number of fused-ring (bicyclic) bond motifs is 3. The summed E-state index contributed by atoms with van der Waals surface area (Å²) in [4.78, 5) is 21.1. The van der Waals surface area contributed by atoms with E-state index in [1.54, 1.807) is 34.8 Å². The fourth-order valence-electron chi connectivity index (χ4n) is 4.28. The quantitative estimate of drug-likeness (QED) is 0.240. The molecule has 0 unspecified atom stereocenters. The first-order chi connectivity index (χ1) is 16.2. The molecule has 170 valence electrons. The van der Waals surface area contributed by atoms with E-state index in [0.29, 0.717) is 17.5 Å². The van der Waals surface area contributed by atoms with Gasteiger partial charge in [-0.05, 0) is 80.1 Å². The van der Waals surface area contributed by atoms with E-state index in [2.05, 4.69) is 6.07 Å². The highest BCUT2D eigenvalue weighted by molar-refractivity contribution is 7.98. The van der Waals surface area contributed by atoms with Crippen LogP contribution in [-0.2, 0) is 18.6 Å². The normalized spacial score (nSPS) is 13.2. The molecule has 0 N–H and O–H groups in total. The lowest BCUT2D eigenvalue weighted by Crippen LogP contribution is -2.22. The van der Waals surface area contributed by atoms with Crippen LogP contribution in [0.1, 0.15) is 35.8 Å². The molecule has 0 aliphatic heterocycles. The highest BCUT2D eigenvalue weighted by atomic mass is 32.2. The Kier molecular flexibility index (Phi) is 6.42. The van der Waals surface area contributed by atoms with Crippen LogP contribution >= 0.6 is 23.1 Å². The van der Waals surface area contributed by atoms with Gasteiger partial charge in [0.05, 0.1) is 24.8 Å². The van der Waals surface area contributed by atoms with Crippen molar-refractivity contribution >= 4 is 33.3 Å². The van der Waals surface area contributed by atoms with Crippen molar-refractivity contribution < 1.29 is 9.47 Å². The van der Waals surface area contributed by atoms with Gasteiger partial charge in [-0.2, -0.15) is 0 Å². The summed E-state index contributed by atoms with van der Waals surface area (Å²) in [5, 5.41) is 1.51. The van der Waals surface area contributed by atoms with Gasteiger partial charge in [-0.3, -0.25) is 9.36 Å². The highest BCUT2D eigenvalue weighted by Gasteiger charge is 2.23. The van der Waals surface area contributed by atoms with Crippen molar-refractivity contribution in [2.24, 2.45) is 0 Å². The van der Waals surface area contributed by atoms with E-state index in [4.69, 9.17) is 14.5 Å². The lowest BCUT2D eigenvalue weighted by atomic mass is 9.97. The molecule has 2 heterocycles. The summed E-state index contributed by atoms with van der Waals surface area (Å²) >= 11 is 3.27. The summed E-state index contributed by atoms with van der Waals surface area (Å²) < 4.78 is 12.7. The van der Waals surface area contributed by atoms with Crippen LogP contribution in [0.4, 0.5) is 0 Å². The molecule has 33 heavy (non-hydrogen) atoms. The Morgan fingerprint density at radius 1 is 1.09 bits per heavy atom. The molecular weight excluding hydrogens is 452 g/mol. The molecule has 2 aromatic carbocycles. The maximum absolute atomic E-state index is 13.9. The molecule has 1 aliphatic carbocycles. The average molecular weight is 479 g/mol. The van der Waals surface area contributed by atoms with E-state index in [0.717, 1.165) is 52.2 Å². The van der Waals surface area contributed by atoms with Crippen molar-refractivity contribution in [3.8, 4) is 17.2 Å². The van der Waals surface area contributed by atoms with Crippen LogP contribution in [0.5, 0.6) is 11.5 Å². The number of thioether (sulfide) groups is 1. The first-order valence-corrected chi connectivity index (χ1v) is 13.0. The first kappa shape index (κ1) is 22.0. The molecule has 0 amide bonds. The number of thiophene rings is 1. The maximum Gasteiger partial charge on any atom is 0.267 e. The third-order valence-electron chi connectivity index (χ3n) is 5.87. The zero-order valence-corrected chi connectivity index (χ0v) is 20.4. The Morgan fingerprint density at radius 3 is 2.70 bits per heavy atom. The summed E-state index contributed by atoms with van der Waals surface area (Å²) in [7, 11) is 1.67. The fourth-order valence-corrected chi connectivity index (χ4v) is 6.54. The van der Waals surface area contributed by atoms with Gasteiger partial charge in [-0.1, -0.05) is 23.9 Å². The molecule has 0 spiro atoms. The van der Waals surface area contributed by atoms with Gasteiger partial charge in [0.1, 0.15) is 16.3 Å². The number of methoxy groups -OCH3 is 1. The minimum absolute atomic E-state index is 0.0247. The van der Waals surface area contributed by atoms with Gasteiger partial charge in [0, 0.05) is 10.6 Å². The summed E-state index contributed by atoms with van der Waals surface area (Å²) in [6.07, 6.45) is 4.33. The van der Waals surface area contributed by atoms with Gasteiger partial charge in [-0.25, -0.2) is 4.98 Å². The van der Waals surface area contributed by atoms with Gasteiger partial charge in [-0.15, -0.1) is 11.3 Å². The second kappa shape index (κ2) is 9.61. The SMILES string of the molecule is CCOc1ccc(-n2c(SCc3cccc(OC)c3)nc3sc4c(c3c2=O)CCCC4)cc1. The van der Waals surface area contributed by atoms with Crippen LogP contribution in [0, 0.1) is 0 Å². The van der Waals surface area contributed by atoms with Gasteiger partial charge in [0.15, 0.2) is 5.16 Å². The first-order valence-electron chi connectivity index (χ1n) is 11.2. The van der Waals surface area contributed by atoms with E-state index in [-0.39, 0.29) is 5.56 Å². The number of rotatable bonds is 7. The Balaban J connectivity index is 1.61. The van der Waals surface area contributed by atoms with Crippen molar-refractivity contribution in [3.63, 3.8) is 0 Å². The maximum atomic E-state index is 13.9. The standard InChI is InChI=1S/C26H26N2O3S2/c1-3-31-19-13-11-18(12-14-19)28-25(29)23-21-9-4-5-10-22(21)33-24(23)27-26(28)32-16-17-7-6-8-20(15-17)30-2/h6-8,11-15H,3-5,9-10,16H2,1-2H3. The number of hydrogen-bond donors (Lipinski definition) is 0. The summed E-state index contributed by atoms with van der Waals surface area (Å²) in [6.45, 7) is 2.57. The van der Waals surface area contributed by atoms with Crippen LogP contribution < -0.4 is 15.0 Å². The monoisotopic (exact) mass is 478 g/mol. The lowest BCUT2D eigenvalue weighted by molar-refractivity contribution is 0.340. The zero-order valence-electron chi connectivity index (χ0n) is 18.8. The Hall–Kier alpha value is -2.77. The van der Waals surface area contributed by atoms with E-state index in [9.17, 15) is 4.79 Å². The largest absolute Gasteiger partial charge is 0.497 e. The number of ether oxygens (including phenoxy) is 2. The number of benzene rings is 2. The van der Waals surface area contributed by atoms with Gasteiger partial charge in [0.2, 0.25) is 0 Å². The smallest absolute Gasteiger partial charge is 0.267 e. The molecule has 7 heteroatoms. The van der Waals surface area contributed by atoms with Crippen molar-refractivity contribution in [1.82, 2.24) is 9.55 Å². The molecule has 2 aromatic heterocycles. The Labute approximate surface area is 201 Å². The molecule has 0 fully saturated rings. The second-order valence-corrected chi connectivity index (χ2v) is 10.0. The van der Waals surface area contributed by atoms with Crippen molar-refractivity contribution in [1.29, 1.82) is 0 Å². The highest BCUT2D eigenvalue weighted by Crippen LogP contribution is 2.36. The van der Waals surface area contributed by atoms with Crippen molar-refractivity contribution in [2.75, 3.05) is 13.7 Å². The van der Waals surface area contributed by atoms with Crippen LogP contribution in [0.25, 0.3) is 15.9 Å². The molecule has 0 atom stereocenters. The molecule has 1 aliphatic rings. The van der Waals surface area contributed by atoms with Crippen molar-refractivity contribution in [3.05, 3.63) is 74.9 Å². The van der Waals surface area contributed by atoms with Crippen LogP contribution in [0.3, 0.4) is 0 Å². The van der Waals surface area contributed by atoms with E-state index in [1.807, 2.05) is 49.4 Å². The molecule has 0 saturated heterocycles. The summed E-state index contributed by atoms with van der Waals surface area (Å²) in [5.41, 5.74) is 3.17. The van der Waals surface area contributed by atoms with Crippen LogP contribution in [0.2, 0.25) is 0 Å². The van der Waals surface area contributed by atoms with Gasteiger partial charge >= 0.3 is 0 Å². The predicted octanol–water partition coefficient (Wildman–Crippen LogP) is 6.03. The van der Waals surface area contributed by atoms with Crippen molar-refractivity contribution in [2.45, 2.75) is 43.5 Å². The van der Waals surface area contributed by atoms with Gasteiger partial charge in [0.25, 0.3) is 5.56 Å². The third-order valence-corrected chi connectivity index (χ3v) is 8.06. The third kappa shape index (κ3) is 4.39. The van der Waals surface area contributed by atoms with Crippen LogP contribution in [-0.4, -0.2) is 23.3 Å². The van der Waals surface area contributed by atoms with Crippen LogP contribution in [0.15, 0.2) is 58.5 Å². The number of aryl methyl sites for hydroxylation is 2. The molecule has 5 rings (SSSR count). The average Bonchev–Trinajstić information content (AvgIpc) is 3.22. The Bertz CT molecular complexity index is 1340. The van der Waals surface area contributed by atoms with Gasteiger partial charge < -0.3 is 9.47 Å². The number of nitrogens with zero attached hydrogens (tertiary/aromatic N) is 2. The van der Waals surface area contributed by atoms with E-state index >= 15 is 0 Å². The lowest BCUT2D eigenvalue weighted by Gasteiger charge is -2.14. The summed E-state index contributed by atoms with van der Waals surface area (Å²) in [5.74, 6) is 2.31. The van der Waals surface area contributed by atoms with E-state index in [1.165, 1.54) is 16.9 Å².